The van der Waals surface area contributed by atoms with Gasteiger partial charge in [-0.15, -0.1) is 0 Å². The fourth-order valence-electron chi connectivity index (χ4n) is 3.01. The Balaban J connectivity index is 1.96. The minimum absolute atomic E-state index is 0.0657. The van der Waals surface area contributed by atoms with Crippen LogP contribution in [0.3, 0.4) is 0 Å². The van der Waals surface area contributed by atoms with Crippen LogP contribution in [0.2, 0.25) is 0 Å². The zero-order valence-corrected chi connectivity index (χ0v) is 10.4. The van der Waals surface area contributed by atoms with Crippen LogP contribution in [0.25, 0.3) is 0 Å². The van der Waals surface area contributed by atoms with Crippen LogP contribution in [-0.2, 0) is 9.53 Å². The average molecular weight is 225 g/mol. The van der Waals surface area contributed by atoms with E-state index in [0.717, 1.165) is 19.3 Å². The summed E-state index contributed by atoms with van der Waals surface area (Å²) in [6.45, 7) is 5.81. The molecule has 2 aliphatic rings. The van der Waals surface area contributed by atoms with E-state index in [1.807, 2.05) is 0 Å². The lowest BCUT2D eigenvalue weighted by Crippen LogP contribution is -2.53. The van der Waals surface area contributed by atoms with Crippen molar-refractivity contribution in [3.8, 4) is 0 Å². The first-order valence-corrected chi connectivity index (χ1v) is 6.51. The van der Waals surface area contributed by atoms with Crippen molar-refractivity contribution in [2.75, 3.05) is 13.2 Å². The van der Waals surface area contributed by atoms with Gasteiger partial charge in [-0.05, 0) is 25.2 Å². The van der Waals surface area contributed by atoms with E-state index in [1.54, 1.807) is 0 Å². The number of rotatable bonds is 4. The maximum atomic E-state index is 12.3. The number of hydrogen-bond donors (Lipinski definition) is 1. The Kier molecular flexibility index (Phi) is 3.53. The highest BCUT2D eigenvalue weighted by Crippen LogP contribution is 2.43. The van der Waals surface area contributed by atoms with Gasteiger partial charge >= 0.3 is 0 Å². The molecule has 1 heterocycles. The molecule has 3 heteroatoms. The molecule has 2 rings (SSSR count). The Morgan fingerprint density at radius 1 is 1.38 bits per heavy atom. The lowest BCUT2D eigenvalue weighted by atomic mass is 9.77. The number of hydrogen-bond acceptors (Lipinski definition) is 2. The van der Waals surface area contributed by atoms with Gasteiger partial charge in [-0.3, -0.25) is 4.79 Å². The van der Waals surface area contributed by atoms with E-state index in [1.165, 1.54) is 12.8 Å². The Bertz CT molecular complexity index is 253. The third-order valence-corrected chi connectivity index (χ3v) is 3.81. The van der Waals surface area contributed by atoms with Crippen LogP contribution in [0, 0.1) is 11.3 Å². The maximum Gasteiger partial charge on any atom is 0.226 e. The predicted octanol–water partition coefficient (Wildman–Crippen LogP) is 2.11. The highest BCUT2D eigenvalue weighted by molar-refractivity contribution is 5.83. The fraction of sp³-hybridized carbons (Fsp3) is 0.923. The van der Waals surface area contributed by atoms with Crippen LogP contribution < -0.4 is 5.32 Å². The monoisotopic (exact) mass is 225 g/mol. The van der Waals surface area contributed by atoms with Gasteiger partial charge in [0.2, 0.25) is 5.91 Å². The highest BCUT2D eigenvalue weighted by atomic mass is 16.5. The first kappa shape index (κ1) is 11.9. The average Bonchev–Trinajstić information content (AvgIpc) is 2.59. The number of amides is 1. The SMILES string of the molecule is CC(C)CC1(C(=O)NC2COC2)CCCC1. The van der Waals surface area contributed by atoms with Gasteiger partial charge in [0.15, 0.2) is 0 Å². The molecule has 16 heavy (non-hydrogen) atoms. The van der Waals surface area contributed by atoms with Gasteiger partial charge in [0, 0.05) is 5.41 Å². The van der Waals surface area contributed by atoms with Crippen LogP contribution in [0.5, 0.6) is 0 Å². The van der Waals surface area contributed by atoms with E-state index >= 15 is 0 Å². The standard InChI is InChI=1S/C13H23NO2/c1-10(2)7-13(5-3-4-6-13)12(15)14-11-8-16-9-11/h10-11H,3-9H2,1-2H3,(H,14,15). The number of ether oxygens (including phenoxy) is 1. The Hall–Kier alpha value is -0.570. The Morgan fingerprint density at radius 2 is 2.00 bits per heavy atom. The molecule has 1 aliphatic carbocycles. The van der Waals surface area contributed by atoms with Crippen molar-refractivity contribution in [2.24, 2.45) is 11.3 Å². The molecule has 1 N–H and O–H groups in total. The van der Waals surface area contributed by atoms with Gasteiger partial charge in [0.1, 0.15) is 0 Å². The van der Waals surface area contributed by atoms with E-state index in [-0.39, 0.29) is 17.4 Å². The van der Waals surface area contributed by atoms with Gasteiger partial charge in [-0.25, -0.2) is 0 Å². The molecule has 0 aromatic rings. The summed E-state index contributed by atoms with van der Waals surface area (Å²) in [6, 6.07) is 0.275. The smallest absolute Gasteiger partial charge is 0.226 e. The van der Waals surface area contributed by atoms with Crippen molar-refractivity contribution < 1.29 is 9.53 Å². The third kappa shape index (κ3) is 2.40. The second-order valence-corrected chi connectivity index (χ2v) is 5.79. The van der Waals surface area contributed by atoms with Gasteiger partial charge in [0.25, 0.3) is 0 Å². The largest absolute Gasteiger partial charge is 0.377 e. The van der Waals surface area contributed by atoms with Gasteiger partial charge in [0.05, 0.1) is 19.3 Å². The molecule has 1 saturated heterocycles. The van der Waals surface area contributed by atoms with Crippen molar-refractivity contribution in [1.82, 2.24) is 5.32 Å². The van der Waals surface area contributed by atoms with Gasteiger partial charge in [-0.1, -0.05) is 26.7 Å². The van der Waals surface area contributed by atoms with Crippen LogP contribution in [0.1, 0.15) is 46.0 Å². The molecule has 1 saturated carbocycles. The second kappa shape index (κ2) is 4.74. The molecular formula is C13H23NO2. The fourth-order valence-corrected chi connectivity index (χ4v) is 3.01. The molecule has 1 amide bonds. The van der Waals surface area contributed by atoms with Gasteiger partial charge < -0.3 is 10.1 Å². The Labute approximate surface area is 97.9 Å². The molecule has 0 atom stereocenters. The molecule has 0 aromatic carbocycles. The molecule has 0 unspecified atom stereocenters. The van der Waals surface area contributed by atoms with Crippen molar-refractivity contribution in [3.63, 3.8) is 0 Å². The van der Waals surface area contributed by atoms with E-state index < -0.39 is 0 Å². The maximum absolute atomic E-state index is 12.3. The summed E-state index contributed by atoms with van der Waals surface area (Å²) in [7, 11) is 0. The van der Waals surface area contributed by atoms with E-state index in [9.17, 15) is 4.79 Å². The topological polar surface area (TPSA) is 38.3 Å². The van der Waals surface area contributed by atoms with Crippen molar-refractivity contribution in [2.45, 2.75) is 52.0 Å². The quantitative estimate of drug-likeness (QED) is 0.795. The summed E-state index contributed by atoms with van der Waals surface area (Å²) < 4.78 is 5.10. The van der Waals surface area contributed by atoms with Crippen LogP contribution in [0.15, 0.2) is 0 Å². The summed E-state index contributed by atoms with van der Waals surface area (Å²) in [6.07, 6.45) is 5.60. The molecule has 3 nitrogen and oxygen atoms in total. The minimum Gasteiger partial charge on any atom is -0.377 e. The summed E-state index contributed by atoms with van der Waals surface area (Å²) >= 11 is 0. The van der Waals surface area contributed by atoms with E-state index in [0.29, 0.717) is 19.1 Å². The number of carbonyl (C=O) groups is 1. The van der Waals surface area contributed by atoms with Crippen LogP contribution in [0.4, 0.5) is 0 Å². The lowest BCUT2D eigenvalue weighted by Gasteiger charge is -2.34. The minimum atomic E-state index is -0.0657. The third-order valence-electron chi connectivity index (χ3n) is 3.81. The molecule has 0 aromatic heterocycles. The summed E-state index contributed by atoms with van der Waals surface area (Å²) in [5.74, 6) is 0.883. The van der Waals surface area contributed by atoms with Crippen molar-refractivity contribution >= 4 is 5.91 Å². The van der Waals surface area contributed by atoms with E-state index in [2.05, 4.69) is 19.2 Å². The van der Waals surface area contributed by atoms with Crippen molar-refractivity contribution in [1.29, 1.82) is 0 Å². The second-order valence-electron chi connectivity index (χ2n) is 5.79. The zero-order chi connectivity index (χ0) is 11.6. The normalized spacial score (nSPS) is 24.4. The first-order chi connectivity index (χ1) is 7.62. The molecule has 0 bridgehead atoms. The number of nitrogens with one attached hydrogen (secondary N) is 1. The number of carbonyl (C=O) groups excluding carboxylic acids is 1. The molecule has 2 fully saturated rings. The first-order valence-electron chi connectivity index (χ1n) is 6.51. The zero-order valence-electron chi connectivity index (χ0n) is 10.4. The summed E-state index contributed by atoms with van der Waals surface area (Å²) in [5, 5.41) is 3.14. The molecule has 1 aliphatic heterocycles. The Morgan fingerprint density at radius 3 is 2.44 bits per heavy atom. The molecule has 92 valence electrons. The summed E-state index contributed by atoms with van der Waals surface area (Å²) in [4.78, 5) is 12.3. The van der Waals surface area contributed by atoms with Crippen molar-refractivity contribution in [3.05, 3.63) is 0 Å². The van der Waals surface area contributed by atoms with Gasteiger partial charge in [-0.2, -0.15) is 0 Å². The molecule has 0 spiro atoms. The predicted molar refractivity (Wildman–Crippen MR) is 63.1 cm³/mol. The van der Waals surface area contributed by atoms with Crippen LogP contribution in [-0.4, -0.2) is 25.2 Å². The molecular weight excluding hydrogens is 202 g/mol. The summed E-state index contributed by atoms with van der Waals surface area (Å²) in [5.41, 5.74) is -0.0657. The highest BCUT2D eigenvalue weighted by Gasteiger charge is 2.42. The lowest BCUT2D eigenvalue weighted by molar-refractivity contribution is -0.136. The van der Waals surface area contributed by atoms with Crippen LogP contribution >= 0.6 is 0 Å². The van der Waals surface area contributed by atoms with E-state index in [4.69, 9.17) is 4.74 Å². The molecule has 0 radical (unpaired) electrons.